The van der Waals surface area contributed by atoms with Crippen LogP contribution in [0.3, 0.4) is 0 Å². The lowest BCUT2D eigenvalue weighted by Crippen LogP contribution is -2.41. The zero-order valence-electron chi connectivity index (χ0n) is 14.8. The van der Waals surface area contributed by atoms with Gasteiger partial charge < -0.3 is 15.0 Å². The second-order valence-corrected chi connectivity index (χ2v) is 6.36. The highest BCUT2D eigenvalue weighted by molar-refractivity contribution is 5.94. The largest absolute Gasteiger partial charge is 0.378 e. The summed E-state index contributed by atoms with van der Waals surface area (Å²) < 4.78 is 5.27. The van der Waals surface area contributed by atoms with Crippen LogP contribution in [0.25, 0.3) is 0 Å². The van der Waals surface area contributed by atoms with Crippen LogP contribution in [-0.2, 0) is 22.4 Å². The van der Waals surface area contributed by atoms with Crippen molar-refractivity contribution in [1.82, 2.24) is 10.2 Å². The molecule has 1 aliphatic rings. The van der Waals surface area contributed by atoms with E-state index in [0.29, 0.717) is 44.8 Å². The first-order valence-electron chi connectivity index (χ1n) is 8.99. The first kappa shape index (κ1) is 18.1. The molecule has 1 saturated heterocycles. The third kappa shape index (κ3) is 5.17. The van der Waals surface area contributed by atoms with Crippen LogP contribution < -0.4 is 5.32 Å². The van der Waals surface area contributed by atoms with Gasteiger partial charge in [0.25, 0.3) is 5.91 Å². The Balaban J connectivity index is 1.44. The predicted molar refractivity (Wildman–Crippen MR) is 100 cm³/mol. The van der Waals surface area contributed by atoms with Crippen molar-refractivity contribution in [2.45, 2.75) is 12.8 Å². The minimum Gasteiger partial charge on any atom is -0.378 e. The molecule has 5 heteroatoms. The maximum Gasteiger partial charge on any atom is 0.251 e. The average Bonchev–Trinajstić information content (AvgIpc) is 2.70. The van der Waals surface area contributed by atoms with Crippen LogP contribution in [0.5, 0.6) is 0 Å². The number of morpholine rings is 1. The maximum atomic E-state index is 12.3. The molecule has 0 atom stereocenters. The van der Waals surface area contributed by atoms with E-state index in [1.54, 1.807) is 12.1 Å². The molecule has 2 aromatic carbocycles. The zero-order chi connectivity index (χ0) is 18.2. The van der Waals surface area contributed by atoms with Gasteiger partial charge >= 0.3 is 0 Å². The number of carbonyl (C=O) groups excluding carboxylic acids is 2. The van der Waals surface area contributed by atoms with E-state index in [9.17, 15) is 9.59 Å². The maximum absolute atomic E-state index is 12.3. The number of carbonyl (C=O) groups is 2. The zero-order valence-corrected chi connectivity index (χ0v) is 14.8. The number of hydrogen-bond acceptors (Lipinski definition) is 3. The number of nitrogens with one attached hydrogen (secondary N) is 1. The SMILES string of the molecule is O=C(NCCc1ccc(CC(=O)N2CCOCC2)cc1)c1ccccc1. The van der Waals surface area contributed by atoms with Gasteiger partial charge in [-0.05, 0) is 29.7 Å². The van der Waals surface area contributed by atoms with Gasteiger partial charge in [0.15, 0.2) is 0 Å². The van der Waals surface area contributed by atoms with Crippen molar-refractivity contribution in [2.24, 2.45) is 0 Å². The van der Waals surface area contributed by atoms with Crippen molar-refractivity contribution in [3.8, 4) is 0 Å². The van der Waals surface area contributed by atoms with Gasteiger partial charge in [0.1, 0.15) is 0 Å². The molecular formula is C21H24N2O3. The van der Waals surface area contributed by atoms with Crippen molar-refractivity contribution in [3.05, 3.63) is 71.3 Å². The molecule has 0 aromatic heterocycles. The lowest BCUT2D eigenvalue weighted by atomic mass is 10.1. The van der Waals surface area contributed by atoms with Crippen molar-refractivity contribution in [3.63, 3.8) is 0 Å². The Morgan fingerprint density at radius 3 is 2.27 bits per heavy atom. The highest BCUT2D eigenvalue weighted by atomic mass is 16.5. The number of benzene rings is 2. The fourth-order valence-electron chi connectivity index (χ4n) is 2.93. The molecule has 1 heterocycles. The third-order valence-corrected chi connectivity index (χ3v) is 4.48. The number of ether oxygens (including phenoxy) is 1. The van der Waals surface area contributed by atoms with E-state index >= 15 is 0 Å². The fraction of sp³-hybridized carbons (Fsp3) is 0.333. The fourth-order valence-corrected chi connectivity index (χ4v) is 2.93. The van der Waals surface area contributed by atoms with E-state index in [0.717, 1.165) is 17.5 Å². The van der Waals surface area contributed by atoms with Crippen molar-refractivity contribution in [2.75, 3.05) is 32.8 Å². The molecule has 0 aliphatic carbocycles. The smallest absolute Gasteiger partial charge is 0.251 e. The molecule has 2 aromatic rings. The molecule has 2 amide bonds. The highest BCUT2D eigenvalue weighted by Gasteiger charge is 2.16. The summed E-state index contributed by atoms with van der Waals surface area (Å²) in [5.74, 6) is 0.0921. The van der Waals surface area contributed by atoms with E-state index in [4.69, 9.17) is 4.74 Å². The van der Waals surface area contributed by atoms with E-state index in [1.807, 2.05) is 47.4 Å². The molecule has 3 rings (SSSR count). The highest BCUT2D eigenvalue weighted by Crippen LogP contribution is 2.09. The Morgan fingerprint density at radius 2 is 1.58 bits per heavy atom. The normalized spacial score (nSPS) is 14.1. The Kier molecular flexibility index (Phi) is 6.39. The van der Waals surface area contributed by atoms with Crippen LogP contribution in [0.4, 0.5) is 0 Å². The van der Waals surface area contributed by atoms with Crippen LogP contribution in [0.2, 0.25) is 0 Å². The molecule has 0 radical (unpaired) electrons. The van der Waals surface area contributed by atoms with Gasteiger partial charge in [0, 0.05) is 25.2 Å². The molecule has 136 valence electrons. The van der Waals surface area contributed by atoms with E-state index in [1.165, 1.54) is 0 Å². The second kappa shape index (κ2) is 9.15. The quantitative estimate of drug-likeness (QED) is 0.866. The van der Waals surface area contributed by atoms with E-state index in [-0.39, 0.29) is 11.8 Å². The summed E-state index contributed by atoms with van der Waals surface area (Å²) in [4.78, 5) is 26.1. The average molecular weight is 352 g/mol. The first-order chi connectivity index (χ1) is 12.7. The molecule has 0 spiro atoms. The number of nitrogens with zero attached hydrogens (tertiary/aromatic N) is 1. The van der Waals surface area contributed by atoms with Crippen molar-refractivity contribution >= 4 is 11.8 Å². The summed E-state index contributed by atoms with van der Waals surface area (Å²) in [5.41, 5.74) is 2.82. The second-order valence-electron chi connectivity index (χ2n) is 6.36. The van der Waals surface area contributed by atoms with Crippen molar-refractivity contribution < 1.29 is 14.3 Å². The summed E-state index contributed by atoms with van der Waals surface area (Å²) >= 11 is 0. The van der Waals surface area contributed by atoms with Gasteiger partial charge in [-0.25, -0.2) is 0 Å². The molecule has 1 fully saturated rings. The molecule has 5 nitrogen and oxygen atoms in total. The third-order valence-electron chi connectivity index (χ3n) is 4.48. The van der Waals surface area contributed by atoms with Gasteiger partial charge in [-0.3, -0.25) is 9.59 Å². The monoisotopic (exact) mass is 352 g/mol. The Morgan fingerprint density at radius 1 is 0.923 bits per heavy atom. The summed E-state index contributed by atoms with van der Waals surface area (Å²) in [6.45, 7) is 3.19. The van der Waals surface area contributed by atoms with Gasteiger partial charge in [-0.2, -0.15) is 0 Å². The van der Waals surface area contributed by atoms with Gasteiger partial charge in [-0.1, -0.05) is 42.5 Å². The Bertz CT molecular complexity index is 723. The lowest BCUT2D eigenvalue weighted by Gasteiger charge is -2.26. The topological polar surface area (TPSA) is 58.6 Å². The predicted octanol–water partition coefficient (Wildman–Crippen LogP) is 2.06. The molecule has 26 heavy (non-hydrogen) atoms. The number of rotatable bonds is 6. The van der Waals surface area contributed by atoms with Gasteiger partial charge in [-0.15, -0.1) is 0 Å². The van der Waals surface area contributed by atoms with Gasteiger partial charge in [0.05, 0.1) is 19.6 Å². The van der Waals surface area contributed by atoms with E-state index < -0.39 is 0 Å². The minimum absolute atomic E-state index is 0.0571. The summed E-state index contributed by atoms with van der Waals surface area (Å²) in [5, 5.41) is 2.93. The van der Waals surface area contributed by atoms with Crippen LogP contribution in [0.15, 0.2) is 54.6 Å². The van der Waals surface area contributed by atoms with Crippen LogP contribution in [0, 0.1) is 0 Å². The molecule has 0 bridgehead atoms. The van der Waals surface area contributed by atoms with Crippen LogP contribution >= 0.6 is 0 Å². The molecular weight excluding hydrogens is 328 g/mol. The van der Waals surface area contributed by atoms with Crippen molar-refractivity contribution in [1.29, 1.82) is 0 Å². The summed E-state index contributed by atoms with van der Waals surface area (Å²) in [6.07, 6.45) is 1.18. The molecule has 0 unspecified atom stereocenters. The number of amides is 2. The van der Waals surface area contributed by atoms with Gasteiger partial charge in [0.2, 0.25) is 5.91 Å². The minimum atomic E-state index is -0.0571. The van der Waals surface area contributed by atoms with Crippen LogP contribution in [0.1, 0.15) is 21.5 Å². The summed E-state index contributed by atoms with van der Waals surface area (Å²) in [7, 11) is 0. The molecule has 1 N–H and O–H groups in total. The number of hydrogen-bond donors (Lipinski definition) is 1. The lowest BCUT2D eigenvalue weighted by molar-refractivity contribution is -0.134. The molecule has 0 saturated carbocycles. The molecule has 1 aliphatic heterocycles. The van der Waals surface area contributed by atoms with Crippen LogP contribution in [-0.4, -0.2) is 49.6 Å². The first-order valence-corrected chi connectivity index (χ1v) is 8.99. The standard InChI is InChI=1S/C21H24N2O3/c24-20(23-12-14-26-15-13-23)16-18-8-6-17(7-9-18)10-11-22-21(25)19-4-2-1-3-5-19/h1-9H,10-16H2,(H,22,25). The Hall–Kier alpha value is -2.66. The van der Waals surface area contributed by atoms with E-state index in [2.05, 4.69) is 5.32 Å². The summed E-state index contributed by atoms with van der Waals surface area (Å²) in [6, 6.07) is 17.2. The Labute approximate surface area is 154 Å².